The van der Waals surface area contributed by atoms with Crippen molar-refractivity contribution in [3.8, 4) is 11.5 Å². The molecule has 0 amide bonds. The highest BCUT2D eigenvalue weighted by Gasteiger charge is 2.10. The molecule has 0 aliphatic rings. The first-order valence-corrected chi connectivity index (χ1v) is 5.19. The van der Waals surface area contributed by atoms with Gasteiger partial charge in [-0.1, -0.05) is 13.8 Å². The van der Waals surface area contributed by atoms with Crippen LogP contribution in [0.2, 0.25) is 0 Å². The average molecular weight is 207 g/mol. The van der Waals surface area contributed by atoms with Gasteiger partial charge < -0.3 is 9.47 Å². The monoisotopic (exact) mass is 207 g/mol. The zero-order valence-corrected chi connectivity index (χ0v) is 10.1. The van der Waals surface area contributed by atoms with E-state index in [-0.39, 0.29) is 6.10 Å². The molecule has 0 bridgehead atoms. The maximum absolute atomic E-state index is 5.73. The Balaban J connectivity index is 3.03. The molecule has 0 heterocycles. The lowest BCUT2D eigenvalue weighted by Crippen LogP contribution is -2.08. The van der Waals surface area contributed by atoms with Gasteiger partial charge in [-0.2, -0.15) is 0 Å². The van der Waals surface area contributed by atoms with Crippen LogP contribution in [0, 0.1) is 5.92 Å². The second kappa shape index (κ2) is 5.06. The zero-order chi connectivity index (χ0) is 11.4. The Morgan fingerprint density at radius 2 is 1.87 bits per heavy atom. The number of benzene rings is 1. The smallest absolute Gasteiger partial charge is 0.123 e. The normalized spacial score (nSPS) is 10.9. The lowest BCUT2D eigenvalue weighted by molar-refractivity contribution is 0.240. The van der Waals surface area contributed by atoms with E-state index in [0.717, 1.165) is 17.1 Å². The van der Waals surface area contributed by atoms with Crippen LogP contribution in [0.5, 0.6) is 11.5 Å². The van der Waals surface area contributed by atoms with Crippen molar-refractivity contribution in [2.45, 2.75) is 33.8 Å². The third kappa shape index (κ3) is 3.15. The quantitative estimate of drug-likeness (QED) is 0.753. The number of rotatable bonds is 4. The molecular formula is C13H19O2. The Labute approximate surface area is 92.2 Å². The van der Waals surface area contributed by atoms with Crippen molar-refractivity contribution in [2.75, 3.05) is 7.11 Å². The van der Waals surface area contributed by atoms with E-state index in [9.17, 15) is 0 Å². The van der Waals surface area contributed by atoms with Crippen LogP contribution in [0.1, 0.15) is 33.3 Å². The first-order valence-electron chi connectivity index (χ1n) is 5.19. The summed E-state index contributed by atoms with van der Waals surface area (Å²) in [5.74, 6) is 3.01. The van der Waals surface area contributed by atoms with Crippen LogP contribution in [-0.4, -0.2) is 13.2 Å². The molecule has 0 spiro atoms. The van der Waals surface area contributed by atoms with Gasteiger partial charge in [-0.25, -0.2) is 0 Å². The minimum absolute atomic E-state index is 0.191. The predicted molar refractivity (Wildman–Crippen MR) is 62.5 cm³/mol. The molecule has 1 aromatic rings. The highest BCUT2D eigenvalue weighted by Crippen LogP contribution is 2.30. The molecule has 2 heteroatoms. The maximum atomic E-state index is 5.73. The molecule has 0 aliphatic carbocycles. The summed E-state index contributed by atoms with van der Waals surface area (Å²) in [4.78, 5) is 0. The number of hydrogen-bond donors (Lipinski definition) is 0. The molecule has 1 rings (SSSR count). The SMILES string of the molecule is COc1ccc(OC(C)C)c([C](C)C)c1. The summed E-state index contributed by atoms with van der Waals surface area (Å²) in [6.45, 7) is 8.20. The summed E-state index contributed by atoms with van der Waals surface area (Å²) in [5, 5.41) is 0. The summed E-state index contributed by atoms with van der Waals surface area (Å²) in [6.07, 6.45) is 0.191. The molecule has 0 saturated carbocycles. The van der Waals surface area contributed by atoms with Gasteiger partial charge in [0.1, 0.15) is 11.5 Å². The van der Waals surface area contributed by atoms with Crippen molar-refractivity contribution in [3.63, 3.8) is 0 Å². The van der Waals surface area contributed by atoms with E-state index in [1.54, 1.807) is 7.11 Å². The van der Waals surface area contributed by atoms with Gasteiger partial charge in [-0.3, -0.25) is 0 Å². The van der Waals surface area contributed by atoms with E-state index in [2.05, 4.69) is 13.8 Å². The molecule has 1 radical (unpaired) electrons. The minimum Gasteiger partial charge on any atom is -0.497 e. The van der Waals surface area contributed by atoms with Crippen molar-refractivity contribution in [3.05, 3.63) is 29.7 Å². The molecule has 0 atom stereocenters. The molecule has 0 N–H and O–H groups in total. The highest BCUT2D eigenvalue weighted by molar-refractivity contribution is 5.47. The van der Waals surface area contributed by atoms with Crippen molar-refractivity contribution in [1.29, 1.82) is 0 Å². The lowest BCUT2D eigenvalue weighted by Gasteiger charge is -2.17. The fourth-order valence-corrected chi connectivity index (χ4v) is 1.38. The van der Waals surface area contributed by atoms with E-state index < -0.39 is 0 Å². The number of methoxy groups -OCH3 is 1. The van der Waals surface area contributed by atoms with Crippen molar-refractivity contribution < 1.29 is 9.47 Å². The molecule has 2 nitrogen and oxygen atoms in total. The van der Waals surface area contributed by atoms with Gasteiger partial charge in [0.15, 0.2) is 0 Å². The summed E-state index contributed by atoms with van der Waals surface area (Å²) >= 11 is 0. The van der Waals surface area contributed by atoms with Gasteiger partial charge in [-0.15, -0.1) is 0 Å². The van der Waals surface area contributed by atoms with E-state index in [1.165, 1.54) is 5.92 Å². The summed E-state index contributed by atoms with van der Waals surface area (Å²) in [6, 6.07) is 5.89. The van der Waals surface area contributed by atoms with Crippen molar-refractivity contribution >= 4 is 0 Å². The minimum atomic E-state index is 0.191. The zero-order valence-electron chi connectivity index (χ0n) is 10.1. The predicted octanol–water partition coefficient (Wildman–Crippen LogP) is 3.44. The molecule has 0 unspecified atom stereocenters. The first-order chi connectivity index (χ1) is 7.04. The van der Waals surface area contributed by atoms with E-state index in [0.29, 0.717) is 0 Å². The first kappa shape index (κ1) is 11.9. The Morgan fingerprint density at radius 3 is 2.33 bits per heavy atom. The van der Waals surface area contributed by atoms with Gasteiger partial charge in [0.05, 0.1) is 13.2 Å². The van der Waals surface area contributed by atoms with Gasteiger partial charge in [0.2, 0.25) is 0 Å². The molecule has 1 aromatic carbocycles. The van der Waals surface area contributed by atoms with Gasteiger partial charge in [0, 0.05) is 11.5 Å². The van der Waals surface area contributed by atoms with Crippen molar-refractivity contribution in [1.82, 2.24) is 0 Å². The summed E-state index contributed by atoms with van der Waals surface area (Å²) < 4.78 is 10.9. The second-order valence-electron chi connectivity index (χ2n) is 4.03. The largest absolute Gasteiger partial charge is 0.497 e. The molecule has 15 heavy (non-hydrogen) atoms. The third-order valence-corrected chi connectivity index (χ3v) is 2.09. The van der Waals surface area contributed by atoms with Crippen LogP contribution in [0.15, 0.2) is 18.2 Å². The van der Waals surface area contributed by atoms with Crippen LogP contribution in [0.25, 0.3) is 0 Å². The Hall–Kier alpha value is -1.18. The van der Waals surface area contributed by atoms with E-state index >= 15 is 0 Å². The van der Waals surface area contributed by atoms with Crippen LogP contribution in [0.4, 0.5) is 0 Å². The molecule has 0 aromatic heterocycles. The third-order valence-electron chi connectivity index (χ3n) is 2.09. The van der Waals surface area contributed by atoms with Gasteiger partial charge in [-0.05, 0) is 32.0 Å². The molecule has 0 fully saturated rings. The second-order valence-corrected chi connectivity index (χ2v) is 4.03. The number of ether oxygens (including phenoxy) is 2. The average Bonchev–Trinajstić information content (AvgIpc) is 2.17. The highest BCUT2D eigenvalue weighted by atomic mass is 16.5. The van der Waals surface area contributed by atoms with Crippen molar-refractivity contribution in [2.24, 2.45) is 0 Å². The van der Waals surface area contributed by atoms with Gasteiger partial charge in [0.25, 0.3) is 0 Å². The van der Waals surface area contributed by atoms with Crippen LogP contribution in [0.3, 0.4) is 0 Å². The summed E-state index contributed by atoms with van der Waals surface area (Å²) in [5.41, 5.74) is 1.11. The van der Waals surface area contributed by atoms with Crippen LogP contribution in [-0.2, 0) is 0 Å². The number of hydrogen-bond acceptors (Lipinski definition) is 2. The maximum Gasteiger partial charge on any atom is 0.123 e. The fraction of sp³-hybridized carbons (Fsp3) is 0.462. The Bertz CT molecular complexity index is 316. The topological polar surface area (TPSA) is 18.5 Å². The van der Waals surface area contributed by atoms with E-state index in [1.807, 2.05) is 32.0 Å². The fourth-order valence-electron chi connectivity index (χ4n) is 1.38. The Morgan fingerprint density at radius 1 is 1.20 bits per heavy atom. The van der Waals surface area contributed by atoms with Gasteiger partial charge >= 0.3 is 0 Å². The Kier molecular flexibility index (Phi) is 4.01. The molecule has 0 aliphatic heterocycles. The lowest BCUT2D eigenvalue weighted by atomic mass is 10.0. The summed E-state index contributed by atoms with van der Waals surface area (Å²) in [7, 11) is 1.67. The standard InChI is InChI=1S/C13H19O2/c1-9(2)12-8-11(14-5)6-7-13(12)15-10(3)4/h6-8,10H,1-5H3. The van der Waals surface area contributed by atoms with Crippen LogP contribution >= 0.6 is 0 Å². The molecular weight excluding hydrogens is 188 g/mol. The van der Waals surface area contributed by atoms with E-state index in [4.69, 9.17) is 9.47 Å². The molecule has 83 valence electrons. The molecule has 0 saturated heterocycles. The van der Waals surface area contributed by atoms with Crippen LogP contribution < -0.4 is 9.47 Å².